The molecular weight excluding hydrogens is 322 g/mol. The Labute approximate surface area is 144 Å². The lowest BCUT2D eigenvalue weighted by atomic mass is 10.1. The second-order valence-electron chi connectivity index (χ2n) is 5.85. The highest BCUT2D eigenvalue weighted by Crippen LogP contribution is 2.19. The summed E-state index contributed by atoms with van der Waals surface area (Å²) in [4.78, 5) is 17.3. The van der Waals surface area contributed by atoms with Gasteiger partial charge in [-0.3, -0.25) is 4.79 Å². The van der Waals surface area contributed by atoms with Crippen LogP contribution >= 0.6 is 11.3 Å². The zero-order valence-electron chi connectivity index (χ0n) is 14.0. The van der Waals surface area contributed by atoms with E-state index in [1.165, 1.54) is 11.3 Å². The molecule has 1 atom stereocenters. The number of aryl methyl sites for hydroxylation is 1. The van der Waals surface area contributed by atoms with Gasteiger partial charge in [0, 0.05) is 18.2 Å². The number of anilines is 1. The standard InChI is InChI=1S/C17H21N5OS/c1-4-11(2)19-15(23)14-7-5-13(6-8-14)9-18-16-21-22-10-12(3)20-17(22)24-16/h5-8,10-11H,4,9H2,1-3H3,(H,18,21)(H,19,23)/t11-/m1/s1. The SMILES string of the molecule is CC[C@@H](C)NC(=O)c1ccc(CNc2nn3cc(C)nc3s2)cc1. The van der Waals surface area contributed by atoms with Gasteiger partial charge in [-0.2, -0.15) is 0 Å². The van der Waals surface area contributed by atoms with Crippen molar-refractivity contribution in [2.75, 3.05) is 5.32 Å². The maximum absolute atomic E-state index is 12.1. The number of amides is 1. The highest BCUT2D eigenvalue weighted by molar-refractivity contribution is 7.20. The van der Waals surface area contributed by atoms with Gasteiger partial charge in [-0.15, -0.1) is 5.10 Å². The lowest BCUT2D eigenvalue weighted by Gasteiger charge is -2.11. The normalized spacial score (nSPS) is 12.3. The predicted octanol–water partition coefficient (Wildman–Crippen LogP) is 3.24. The van der Waals surface area contributed by atoms with Gasteiger partial charge in [0.25, 0.3) is 5.91 Å². The minimum atomic E-state index is -0.0274. The summed E-state index contributed by atoms with van der Waals surface area (Å²) in [5.74, 6) is -0.0274. The Kier molecular flexibility index (Phi) is 4.80. The van der Waals surface area contributed by atoms with E-state index in [0.29, 0.717) is 12.1 Å². The number of hydrogen-bond acceptors (Lipinski definition) is 5. The number of imidazole rings is 1. The summed E-state index contributed by atoms with van der Waals surface area (Å²) in [6.45, 7) is 6.66. The first-order valence-corrected chi connectivity index (χ1v) is 8.83. The molecule has 3 rings (SSSR count). The van der Waals surface area contributed by atoms with Crippen LogP contribution in [0.1, 0.15) is 41.9 Å². The monoisotopic (exact) mass is 343 g/mol. The lowest BCUT2D eigenvalue weighted by Crippen LogP contribution is -2.31. The Morgan fingerprint density at radius 1 is 1.33 bits per heavy atom. The van der Waals surface area contributed by atoms with Crippen molar-refractivity contribution in [1.29, 1.82) is 0 Å². The number of carbonyl (C=O) groups excluding carboxylic acids is 1. The van der Waals surface area contributed by atoms with E-state index < -0.39 is 0 Å². The highest BCUT2D eigenvalue weighted by atomic mass is 32.1. The molecule has 1 amide bonds. The molecule has 0 aliphatic carbocycles. The van der Waals surface area contributed by atoms with Crippen LogP contribution in [-0.4, -0.2) is 26.5 Å². The molecule has 0 aliphatic heterocycles. The Morgan fingerprint density at radius 3 is 2.75 bits per heavy atom. The van der Waals surface area contributed by atoms with Gasteiger partial charge in [0.1, 0.15) is 0 Å². The number of rotatable bonds is 6. The van der Waals surface area contributed by atoms with Crippen LogP contribution < -0.4 is 10.6 Å². The average molecular weight is 343 g/mol. The summed E-state index contributed by atoms with van der Waals surface area (Å²) in [5.41, 5.74) is 2.74. The van der Waals surface area contributed by atoms with Crippen molar-refractivity contribution in [2.45, 2.75) is 39.8 Å². The Hall–Kier alpha value is -2.41. The summed E-state index contributed by atoms with van der Waals surface area (Å²) in [5, 5.41) is 11.5. The van der Waals surface area contributed by atoms with Crippen LogP contribution in [0.3, 0.4) is 0 Å². The highest BCUT2D eigenvalue weighted by Gasteiger charge is 2.09. The largest absolute Gasteiger partial charge is 0.356 e. The van der Waals surface area contributed by atoms with E-state index in [9.17, 15) is 4.79 Å². The lowest BCUT2D eigenvalue weighted by molar-refractivity contribution is 0.0939. The fraction of sp³-hybridized carbons (Fsp3) is 0.353. The maximum Gasteiger partial charge on any atom is 0.251 e. The summed E-state index contributed by atoms with van der Waals surface area (Å²) in [6.07, 6.45) is 2.83. The van der Waals surface area contributed by atoms with Gasteiger partial charge in [-0.05, 0) is 38.0 Å². The number of nitrogens with zero attached hydrogens (tertiary/aromatic N) is 3. The number of fused-ring (bicyclic) bond motifs is 1. The van der Waals surface area contributed by atoms with E-state index in [1.807, 2.05) is 44.3 Å². The summed E-state index contributed by atoms with van der Waals surface area (Å²) >= 11 is 1.52. The van der Waals surface area contributed by atoms with Crippen molar-refractivity contribution < 1.29 is 4.79 Å². The number of benzene rings is 1. The van der Waals surface area contributed by atoms with Crippen LogP contribution in [0.2, 0.25) is 0 Å². The Morgan fingerprint density at radius 2 is 2.08 bits per heavy atom. The zero-order valence-corrected chi connectivity index (χ0v) is 14.9. The molecule has 2 N–H and O–H groups in total. The summed E-state index contributed by atoms with van der Waals surface area (Å²) in [6, 6.07) is 7.81. The summed E-state index contributed by atoms with van der Waals surface area (Å²) in [7, 11) is 0. The fourth-order valence-corrected chi connectivity index (χ4v) is 3.06. The molecule has 6 nitrogen and oxygen atoms in total. The van der Waals surface area contributed by atoms with Crippen LogP contribution in [0.15, 0.2) is 30.5 Å². The molecule has 1 aromatic carbocycles. The molecule has 0 fully saturated rings. The first-order valence-electron chi connectivity index (χ1n) is 8.01. The molecular formula is C17H21N5OS. The predicted molar refractivity (Wildman–Crippen MR) is 96.6 cm³/mol. The van der Waals surface area contributed by atoms with Gasteiger partial charge in [0.2, 0.25) is 10.1 Å². The fourth-order valence-electron chi connectivity index (χ4n) is 2.24. The van der Waals surface area contributed by atoms with Gasteiger partial charge in [0.15, 0.2) is 0 Å². The molecule has 2 aromatic heterocycles. The third kappa shape index (κ3) is 3.73. The second kappa shape index (κ2) is 7.00. The first-order chi connectivity index (χ1) is 11.5. The minimum Gasteiger partial charge on any atom is -0.356 e. The molecule has 0 aliphatic rings. The number of carbonyl (C=O) groups is 1. The van der Waals surface area contributed by atoms with Crippen LogP contribution in [0, 0.1) is 6.92 Å². The van der Waals surface area contributed by atoms with E-state index in [1.54, 1.807) is 4.52 Å². The van der Waals surface area contributed by atoms with E-state index in [-0.39, 0.29) is 11.9 Å². The second-order valence-corrected chi connectivity index (χ2v) is 6.81. The number of nitrogens with one attached hydrogen (secondary N) is 2. The molecule has 24 heavy (non-hydrogen) atoms. The van der Waals surface area contributed by atoms with Gasteiger partial charge in [-0.1, -0.05) is 30.4 Å². The van der Waals surface area contributed by atoms with Crippen LogP contribution in [0.4, 0.5) is 5.13 Å². The van der Waals surface area contributed by atoms with Crippen molar-refractivity contribution in [1.82, 2.24) is 19.9 Å². The van der Waals surface area contributed by atoms with Gasteiger partial charge < -0.3 is 10.6 Å². The topological polar surface area (TPSA) is 71.3 Å². The molecule has 126 valence electrons. The van der Waals surface area contributed by atoms with Gasteiger partial charge in [-0.25, -0.2) is 9.50 Å². The maximum atomic E-state index is 12.1. The van der Waals surface area contributed by atoms with E-state index in [4.69, 9.17) is 0 Å². The van der Waals surface area contributed by atoms with Crippen molar-refractivity contribution in [3.8, 4) is 0 Å². The Bertz CT molecular complexity index is 805. The molecule has 3 aromatic rings. The molecule has 0 unspecified atom stereocenters. The molecule has 0 bridgehead atoms. The van der Waals surface area contributed by atoms with E-state index in [2.05, 4.69) is 27.6 Å². The Balaban J connectivity index is 1.59. The van der Waals surface area contributed by atoms with Crippen molar-refractivity contribution in [3.63, 3.8) is 0 Å². The van der Waals surface area contributed by atoms with Crippen molar-refractivity contribution in [3.05, 3.63) is 47.3 Å². The quantitative estimate of drug-likeness (QED) is 0.721. The third-order valence-corrected chi connectivity index (χ3v) is 4.69. The minimum absolute atomic E-state index is 0.0274. The first kappa shape index (κ1) is 16.4. The average Bonchev–Trinajstić information content (AvgIpc) is 3.10. The number of aromatic nitrogens is 3. The molecule has 0 radical (unpaired) electrons. The van der Waals surface area contributed by atoms with Crippen LogP contribution in [-0.2, 0) is 6.54 Å². The third-order valence-electron chi connectivity index (χ3n) is 3.81. The summed E-state index contributed by atoms with van der Waals surface area (Å²) < 4.78 is 1.78. The van der Waals surface area contributed by atoms with E-state index >= 15 is 0 Å². The molecule has 7 heteroatoms. The van der Waals surface area contributed by atoms with Crippen molar-refractivity contribution >= 4 is 27.3 Å². The van der Waals surface area contributed by atoms with Gasteiger partial charge in [0.05, 0.1) is 11.9 Å². The number of hydrogen-bond donors (Lipinski definition) is 2. The molecule has 0 saturated carbocycles. The smallest absolute Gasteiger partial charge is 0.251 e. The zero-order chi connectivity index (χ0) is 17.1. The molecule has 2 heterocycles. The molecule has 0 spiro atoms. The van der Waals surface area contributed by atoms with Crippen LogP contribution in [0.5, 0.6) is 0 Å². The van der Waals surface area contributed by atoms with E-state index in [0.717, 1.165) is 27.8 Å². The van der Waals surface area contributed by atoms with Crippen LogP contribution in [0.25, 0.3) is 4.96 Å². The van der Waals surface area contributed by atoms with Gasteiger partial charge >= 0.3 is 0 Å². The molecule has 0 saturated heterocycles. The van der Waals surface area contributed by atoms with Crippen molar-refractivity contribution in [2.24, 2.45) is 0 Å².